The Balaban J connectivity index is 1.37. The maximum absolute atomic E-state index is 12.8. The quantitative estimate of drug-likeness (QED) is 0.409. The Labute approximate surface area is 202 Å². The zero-order valence-electron chi connectivity index (χ0n) is 18.7. The van der Waals surface area contributed by atoms with Gasteiger partial charge in [0.15, 0.2) is 0 Å². The van der Waals surface area contributed by atoms with Crippen molar-refractivity contribution in [3.05, 3.63) is 64.1 Å². The van der Waals surface area contributed by atoms with Gasteiger partial charge in [-0.15, -0.1) is 0 Å². The van der Waals surface area contributed by atoms with Gasteiger partial charge in [0.1, 0.15) is 5.75 Å². The third-order valence-electron chi connectivity index (χ3n) is 5.61. The highest BCUT2D eigenvalue weighted by molar-refractivity contribution is 9.10. The lowest BCUT2D eigenvalue weighted by atomic mass is 9.96. The van der Waals surface area contributed by atoms with Crippen molar-refractivity contribution in [2.45, 2.75) is 32.6 Å². The van der Waals surface area contributed by atoms with E-state index in [1.807, 2.05) is 29.2 Å². The van der Waals surface area contributed by atoms with Crippen LogP contribution in [0.1, 0.15) is 42.1 Å². The fourth-order valence-electron chi connectivity index (χ4n) is 3.69. The Hall–Kier alpha value is -2.87. The molecular weight excluding hydrogens is 488 g/mol. The first-order chi connectivity index (χ1) is 15.9. The summed E-state index contributed by atoms with van der Waals surface area (Å²) in [5.41, 5.74) is 1.69. The number of rotatable bonds is 8. The Morgan fingerprint density at radius 1 is 1.03 bits per heavy atom. The summed E-state index contributed by atoms with van der Waals surface area (Å²) in [5.74, 6) is 0.710. The Kier molecular flexibility index (Phi) is 9.30. The van der Waals surface area contributed by atoms with Gasteiger partial charge in [-0.3, -0.25) is 9.59 Å². The minimum absolute atomic E-state index is 0.0466. The van der Waals surface area contributed by atoms with Gasteiger partial charge in [0.25, 0.3) is 5.91 Å². The maximum atomic E-state index is 12.8. The highest BCUT2D eigenvalue weighted by Gasteiger charge is 2.24. The fraction of sp³-hybridized carbons (Fsp3) is 0.400. The zero-order chi connectivity index (χ0) is 23.6. The summed E-state index contributed by atoms with van der Waals surface area (Å²) in [6, 6.07) is 14.5. The van der Waals surface area contributed by atoms with Crippen molar-refractivity contribution < 1.29 is 23.9 Å². The summed E-state index contributed by atoms with van der Waals surface area (Å²) in [6.07, 6.45) is 2.12. The average Bonchev–Trinajstić information content (AvgIpc) is 2.83. The molecule has 2 aromatic rings. The molecule has 1 fully saturated rings. The van der Waals surface area contributed by atoms with Gasteiger partial charge in [0.2, 0.25) is 5.91 Å². The van der Waals surface area contributed by atoms with Crippen molar-refractivity contribution in [2.75, 3.05) is 26.2 Å². The summed E-state index contributed by atoms with van der Waals surface area (Å²) in [6.45, 7) is 3.88. The molecule has 0 bridgehead atoms. The van der Waals surface area contributed by atoms with Crippen LogP contribution in [0, 0.1) is 5.92 Å². The molecule has 0 saturated carbocycles. The molecule has 7 nitrogen and oxygen atoms in total. The van der Waals surface area contributed by atoms with Crippen molar-refractivity contribution in [2.24, 2.45) is 5.92 Å². The number of hydrogen-bond donors (Lipinski definition) is 1. The van der Waals surface area contributed by atoms with Gasteiger partial charge in [-0.25, -0.2) is 4.79 Å². The topological polar surface area (TPSA) is 84.9 Å². The van der Waals surface area contributed by atoms with Crippen LogP contribution in [0.15, 0.2) is 53.0 Å². The minimum atomic E-state index is -0.765. The number of likely N-dealkylation sites (tertiary alicyclic amines) is 1. The summed E-state index contributed by atoms with van der Waals surface area (Å²) < 4.78 is 10.8. The lowest BCUT2D eigenvalue weighted by molar-refractivity contribution is -0.121. The van der Waals surface area contributed by atoms with Crippen LogP contribution in [0.2, 0.25) is 0 Å². The number of carbonyl (C=O) groups excluding carboxylic acids is 3. The van der Waals surface area contributed by atoms with Crippen LogP contribution in [0.3, 0.4) is 0 Å². The van der Waals surface area contributed by atoms with Gasteiger partial charge in [-0.2, -0.15) is 0 Å². The summed E-state index contributed by atoms with van der Waals surface area (Å²) in [7, 11) is 0. The number of halogens is 1. The standard InChI is InChI=1S/C25H29BrN2O5/c1-2-32-25(31)33-22-10-6-20(7-11-22)24(30)28-15-13-19(14-16-28)17-27-23(29)12-5-18-3-8-21(26)9-4-18/h3-4,6-11,19H,2,5,12-17H2,1H3,(H,27,29). The Bertz CT molecular complexity index is 938. The van der Waals surface area contributed by atoms with Crippen LogP contribution in [0.4, 0.5) is 4.79 Å². The average molecular weight is 517 g/mol. The van der Waals surface area contributed by atoms with Crippen LogP contribution in [-0.2, 0) is 16.0 Å². The fourth-order valence-corrected chi connectivity index (χ4v) is 3.95. The van der Waals surface area contributed by atoms with Gasteiger partial charge >= 0.3 is 6.16 Å². The van der Waals surface area contributed by atoms with E-state index in [2.05, 4.69) is 21.2 Å². The molecular formula is C25H29BrN2O5. The predicted molar refractivity (Wildman–Crippen MR) is 128 cm³/mol. The Morgan fingerprint density at radius 2 is 1.70 bits per heavy atom. The molecule has 1 heterocycles. The molecule has 0 aliphatic carbocycles. The molecule has 8 heteroatoms. The van der Waals surface area contributed by atoms with Gasteiger partial charge < -0.3 is 19.7 Å². The lowest BCUT2D eigenvalue weighted by Gasteiger charge is -2.32. The molecule has 1 aliphatic rings. The molecule has 1 N–H and O–H groups in total. The lowest BCUT2D eigenvalue weighted by Crippen LogP contribution is -2.41. The second kappa shape index (κ2) is 12.4. The summed E-state index contributed by atoms with van der Waals surface area (Å²) in [4.78, 5) is 38.2. The van der Waals surface area contributed by atoms with Crippen LogP contribution >= 0.6 is 15.9 Å². The molecule has 1 saturated heterocycles. The van der Waals surface area contributed by atoms with Gasteiger partial charge in [-0.05, 0) is 74.1 Å². The van der Waals surface area contributed by atoms with Crippen molar-refractivity contribution >= 4 is 33.9 Å². The molecule has 0 spiro atoms. The van der Waals surface area contributed by atoms with E-state index in [-0.39, 0.29) is 18.4 Å². The molecule has 2 amide bonds. The summed E-state index contributed by atoms with van der Waals surface area (Å²) in [5, 5.41) is 3.04. The number of carbonyl (C=O) groups is 3. The SMILES string of the molecule is CCOC(=O)Oc1ccc(C(=O)N2CCC(CNC(=O)CCc3ccc(Br)cc3)CC2)cc1. The summed E-state index contributed by atoms with van der Waals surface area (Å²) >= 11 is 3.41. The monoisotopic (exact) mass is 516 g/mol. The largest absolute Gasteiger partial charge is 0.513 e. The number of aryl methyl sites for hydroxylation is 1. The van der Waals surface area contributed by atoms with E-state index in [0.29, 0.717) is 43.3 Å². The number of ether oxygens (including phenoxy) is 2. The number of piperidine rings is 1. The van der Waals surface area contributed by atoms with Gasteiger partial charge in [-0.1, -0.05) is 28.1 Å². The number of benzene rings is 2. The number of nitrogens with zero attached hydrogens (tertiary/aromatic N) is 1. The maximum Gasteiger partial charge on any atom is 0.513 e. The molecule has 33 heavy (non-hydrogen) atoms. The van der Waals surface area contributed by atoms with E-state index in [9.17, 15) is 14.4 Å². The first-order valence-electron chi connectivity index (χ1n) is 11.2. The second-order valence-electron chi connectivity index (χ2n) is 7.98. The second-order valence-corrected chi connectivity index (χ2v) is 8.89. The molecule has 0 radical (unpaired) electrons. The third-order valence-corrected chi connectivity index (χ3v) is 6.14. The molecule has 176 valence electrons. The molecule has 0 unspecified atom stereocenters. The van der Waals surface area contributed by atoms with Crippen LogP contribution < -0.4 is 10.1 Å². The Morgan fingerprint density at radius 3 is 2.33 bits per heavy atom. The van der Waals surface area contributed by atoms with E-state index >= 15 is 0 Å². The van der Waals surface area contributed by atoms with E-state index in [1.54, 1.807) is 31.2 Å². The van der Waals surface area contributed by atoms with Gasteiger partial charge in [0, 0.05) is 36.1 Å². The van der Waals surface area contributed by atoms with E-state index in [4.69, 9.17) is 9.47 Å². The van der Waals surface area contributed by atoms with Crippen molar-refractivity contribution in [3.63, 3.8) is 0 Å². The van der Waals surface area contributed by atoms with Crippen molar-refractivity contribution in [3.8, 4) is 5.75 Å². The predicted octanol–water partition coefficient (Wildman–Crippen LogP) is 4.59. The van der Waals surface area contributed by atoms with Crippen LogP contribution in [0.5, 0.6) is 5.75 Å². The number of hydrogen-bond acceptors (Lipinski definition) is 5. The van der Waals surface area contributed by atoms with Crippen molar-refractivity contribution in [1.29, 1.82) is 0 Å². The van der Waals surface area contributed by atoms with Crippen LogP contribution in [0.25, 0.3) is 0 Å². The molecule has 3 rings (SSSR count). The van der Waals surface area contributed by atoms with Crippen LogP contribution in [-0.4, -0.2) is 49.1 Å². The minimum Gasteiger partial charge on any atom is -0.434 e. The highest BCUT2D eigenvalue weighted by Crippen LogP contribution is 2.20. The van der Waals surface area contributed by atoms with Crippen molar-refractivity contribution in [1.82, 2.24) is 10.2 Å². The van der Waals surface area contributed by atoms with E-state index in [1.165, 1.54) is 0 Å². The normalized spacial score (nSPS) is 13.9. The molecule has 0 atom stereocenters. The number of nitrogens with one attached hydrogen (secondary N) is 1. The van der Waals surface area contributed by atoms with Gasteiger partial charge in [0.05, 0.1) is 6.61 Å². The smallest absolute Gasteiger partial charge is 0.434 e. The first kappa shape index (κ1) is 24.8. The van der Waals surface area contributed by atoms with E-state index < -0.39 is 6.16 Å². The molecule has 1 aliphatic heterocycles. The number of amides is 2. The van der Waals surface area contributed by atoms with E-state index in [0.717, 1.165) is 29.3 Å². The third kappa shape index (κ3) is 7.89. The molecule has 0 aromatic heterocycles. The molecule has 2 aromatic carbocycles. The zero-order valence-corrected chi connectivity index (χ0v) is 20.3. The highest BCUT2D eigenvalue weighted by atomic mass is 79.9. The first-order valence-corrected chi connectivity index (χ1v) is 12.0.